The number of hydrogen-bond donors (Lipinski definition) is 1. The van der Waals surface area contributed by atoms with Gasteiger partial charge in [0.15, 0.2) is 0 Å². The maximum absolute atomic E-state index is 12.5. The van der Waals surface area contributed by atoms with Crippen LogP contribution in [0.1, 0.15) is 29.0 Å². The summed E-state index contributed by atoms with van der Waals surface area (Å²) in [6.07, 6.45) is 0.878. The maximum Gasteiger partial charge on any atom is 0.310 e. The van der Waals surface area contributed by atoms with Crippen LogP contribution in [0.3, 0.4) is 0 Å². The molecule has 1 aromatic heterocycles. The highest BCUT2D eigenvalue weighted by molar-refractivity contribution is 5.88. The Morgan fingerprint density at radius 3 is 2.47 bits per heavy atom. The van der Waals surface area contributed by atoms with Gasteiger partial charge in [0.1, 0.15) is 0 Å². The number of aliphatic carboxylic acids is 1. The number of aromatic nitrogens is 2. The van der Waals surface area contributed by atoms with Crippen molar-refractivity contribution in [2.24, 2.45) is 11.8 Å². The lowest BCUT2D eigenvalue weighted by atomic mass is 9.79. The largest absolute Gasteiger partial charge is 0.481 e. The Morgan fingerprint density at radius 1 is 1.32 bits per heavy atom. The summed E-state index contributed by atoms with van der Waals surface area (Å²) in [5, 5.41) is 13.5. The molecule has 0 aromatic carbocycles. The summed E-state index contributed by atoms with van der Waals surface area (Å²) in [4.78, 5) is 23.9. The Bertz CT molecular complexity index is 551. The zero-order valence-electron chi connectivity index (χ0n) is 10.9. The van der Waals surface area contributed by atoms with Gasteiger partial charge in [-0.3, -0.25) is 9.59 Å². The second-order valence-corrected chi connectivity index (χ2v) is 5.36. The van der Waals surface area contributed by atoms with E-state index in [1.54, 1.807) is 6.92 Å². The Balaban J connectivity index is 1.94. The lowest BCUT2D eigenvalue weighted by Crippen LogP contribution is -2.41. The summed E-state index contributed by atoms with van der Waals surface area (Å²) >= 11 is 0. The normalized spacial score (nSPS) is 32.7. The predicted octanol–water partition coefficient (Wildman–Crippen LogP) is 1.02. The minimum atomic E-state index is -0.952. The molecule has 0 saturated carbocycles. The molecule has 19 heavy (non-hydrogen) atoms. The number of fused-ring (bicyclic) bond motifs is 2. The third kappa shape index (κ3) is 1.78. The number of ether oxygens (including phenoxy) is 1. The van der Waals surface area contributed by atoms with Gasteiger partial charge in [0.25, 0.3) is 5.91 Å². The van der Waals surface area contributed by atoms with E-state index in [4.69, 9.17) is 4.74 Å². The molecular weight excluding hydrogens is 248 g/mol. The van der Waals surface area contributed by atoms with Gasteiger partial charge in [-0.25, -0.2) is 4.68 Å². The number of aryl methyl sites for hydroxylation is 2. The average Bonchev–Trinajstić information content (AvgIpc) is 3.01. The van der Waals surface area contributed by atoms with E-state index in [1.807, 2.05) is 13.0 Å². The highest BCUT2D eigenvalue weighted by Crippen LogP contribution is 2.44. The molecule has 6 heteroatoms. The zero-order chi connectivity index (χ0) is 13.7. The fourth-order valence-corrected chi connectivity index (χ4v) is 3.30. The molecule has 4 atom stereocenters. The molecule has 1 aromatic rings. The van der Waals surface area contributed by atoms with Crippen LogP contribution in [0.2, 0.25) is 0 Å². The molecule has 3 rings (SSSR count). The van der Waals surface area contributed by atoms with E-state index in [-0.39, 0.29) is 18.1 Å². The van der Waals surface area contributed by atoms with Crippen molar-refractivity contribution in [3.63, 3.8) is 0 Å². The minimum absolute atomic E-state index is 0.259. The molecule has 102 valence electrons. The first kappa shape index (κ1) is 12.3. The fourth-order valence-electron chi connectivity index (χ4n) is 3.30. The van der Waals surface area contributed by atoms with Gasteiger partial charge in [-0.2, -0.15) is 5.10 Å². The number of hydrogen-bond acceptors (Lipinski definition) is 4. The van der Waals surface area contributed by atoms with Crippen LogP contribution in [0.25, 0.3) is 0 Å². The van der Waals surface area contributed by atoms with Gasteiger partial charge >= 0.3 is 5.97 Å². The highest BCUT2D eigenvalue weighted by atomic mass is 16.5. The zero-order valence-corrected chi connectivity index (χ0v) is 10.9. The number of carboxylic acids is 1. The third-order valence-corrected chi connectivity index (χ3v) is 4.06. The Morgan fingerprint density at radius 2 is 1.95 bits per heavy atom. The van der Waals surface area contributed by atoms with E-state index < -0.39 is 17.8 Å². The number of carbonyl (C=O) groups excluding carboxylic acids is 1. The molecule has 1 N–H and O–H groups in total. The lowest BCUT2D eigenvalue weighted by molar-refractivity contribution is -0.144. The van der Waals surface area contributed by atoms with Crippen molar-refractivity contribution in [2.75, 3.05) is 0 Å². The number of carboxylic acid groups (broad SMARTS) is 1. The third-order valence-electron chi connectivity index (χ3n) is 4.06. The van der Waals surface area contributed by atoms with Crippen LogP contribution in [-0.4, -0.2) is 39.0 Å². The number of carbonyl (C=O) groups is 2. The molecule has 0 aliphatic carbocycles. The summed E-state index contributed by atoms with van der Waals surface area (Å²) in [6, 6.07) is 1.81. The van der Waals surface area contributed by atoms with Gasteiger partial charge in [0.2, 0.25) is 0 Å². The molecule has 2 saturated heterocycles. The van der Waals surface area contributed by atoms with Crippen molar-refractivity contribution in [1.82, 2.24) is 9.78 Å². The van der Waals surface area contributed by atoms with Gasteiger partial charge in [0.05, 0.1) is 29.7 Å². The summed E-state index contributed by atoms with van der Waals surface area (Å²) in [6.45, 7) is 3.60. The summed E-state index contributed by atoms with van der Waals surface area (Å²) in [5.74, 6) is -2.57. The van der Waals surface area contributed by atoms with Crippen LogP contribution in [-0.2, 0) is 9.53 Å². The molecule has 3 heterocycles. The van der Waals surface area contributed by atoms with Crippen molar-refractivity contribution in [3.8, 4) is 0 Å². The van der Waals surface area contributed by atoms with Crippen LogP contribution >= 0.6 is 0 Å². The van der Waals surface area contributed by atoms with Crippen molar-refractivity contribution in [2.45, 2.75) is 38.9 Å². The summed E-state index contributed by atoms with van der Waals surface area (Å²) in [5.41, 5.74) is 1.48. The second-order valence-electron chi connectivity index (χ2n) is 5.36. The molecule has 6 nitrogen and oxygen atoms in total. The molecule has 0 unspecified atom stereocenters. The SMILES string of the molecule is Cc1cc(C)n(C(=O)[C@H]2[C@@H](C(=O)O)[C@H]3CC[C@H]2O3)n1. The highest BCUT2D eigenvalue weighted by Gasteiger charge is 2.56. The molecule has 2 aliphatic heterocycles. The van der Waals surface area contributed by atoms with Crippen molar-refractivity contribution in [3.05, 3.63) is 17.5 Å². The van der Waals surface area contributed by atoms with Crippen LogP contribution < -0.4 is 0 Å². The van der Waals surface area contributed by atoms with E-state index in [0.29, 0.717) is 0 Å². The predicted molar refractivity (Wildman–Crippen MR) is 64.8 cm³/mol. The standard InChI is InChI=1S/C13H16N2O4/c1-6-5-7(2)15(14-6)12(16)10-8-3-4-9(19-8)11(10)13(17)18/h5,8-11H,3-4H2,1-2H3,(H,17,18)/t8-,9-,10-,11+/m1/s1. The smallest absolute Gasteiger partial charge is 0.310 e. The van der Waals surface area contributed by atoms with Gasteiger partial charge < -0.3 is 9.84 Å². The van der Waals surface area contributed by atoms with Gasteiger partial charge in [0, 0.05) is 5.69 Å². The van der Waals surface area contributed by atoms with Crippen LogP contribution in [0.4, 0.5) is 0 Å². The average molecular weight is 264 g/mol. The van der Waals surface area contributed by atoms with E-state index >= 15 is 0 Å². The van der Waals surface area contributed by atoms with E-state index in [9.17, 15) is 14.7 Å². The first-order valence-corrected chi connectivity index (χ1v) is 6.45. The number of nitrogens with zero attached hydrogens (tertiary/aromatic N) is 2. The summed E-state index contributed by atoms with van der Waals surface area (Å²) in [7, 11) is 0. The van der Waals surface area contributed by atoms with Gasteiger partial charge in [-0.05, 0) is 32.8 Å². The molecule has 2 bridgehead atoms. The molecular formula is C13H16N2O4. The Hall–Kier alpha value is -1.69. The first-order chi connectivity index (χ1) is 8.99. The Kier molecular flexibility index (Phi) is 2.70. The van der Waals surface area contributed by atoms with E-state index in [2.05, 4.69) is 5.10 Å². The topological polar surface area (TPSA) is 81.4 Å². The van der Waals surface area contributed by atoms with Gasteiger partial charge in [-0.15, -0.1) is 0 Å². The van der Waals surface area contributed by atoms with Crippen LogP contribution in [0.5, 0.6) is 0 Å². The first-order valence-electron chi connectivity index (χ1n) is 6.45. The summed E-state index contributed by atoms with van der Waals surface area (Å²) < 4.78 is 6.92. The quantitative estimate of drug-likeness (QED) is 0.862. The molecule has 0 amide bonds. The monoisotopic (exact) mass is 264 g/mol. The van der Waals surface area contributed by atoms with Crippen LogP contribution in [0, 0.1) is 25.7 Å². The van der Waals surface area contributed by atoms with Crippen molar-refractivity contribution >= 4 is 11.9 Å². The van der Waals surface area contributed by atoms with E-state index in [1.165, 1.54) is 4.68 Å². The van der Waals surface area contributed by atoms with Crippen LogP contribution in [0.15, 0.2) is 6.07 Å². The maximum atomic E-state index is 12.5. The lowest BCUT2D eigenvalue weighted by Gasteiger charge is -2.23. The minimum Gasteiger partial charge on any atom is -0.481 e. The fraction of sp³-hybridized carbons (Fsp3) is 0.615. The molecule has 2 aliphatic rings. The van der Waals surface area contributed by atoms with Gasteiger partial charge in [-0.1, -0.05) is 0 Å². The van der Waals surface area contributed by atoms with Crippen molar-refractivity contribution in [1.29, 1.82) is 0 Å². The molecule has 0 radical (unpaired) electrons. The van der Waals surface area contributed by atoms with E-state index in [0.717, 1.165) is 24.2 Å². The van der Waals surface area contributed by atoms with Crippen molar-refractivity contribution < 1.29 is 19.4 Å². The second kappa shape index (κ2) is 4.16. The molecule has 0 spiro atoms. The number of rotatable bonds is 2. The molecule has 2 fully saturated rings. The Labute approximate surface area is 110 Å².